The average Bonchev–Trinajstić information content (AvgIpc) is 2.95. The van der Waals surface area contributed by atoms with Crippen molar-refractivity contribution in [1.29, 1.82) is 0 Å². The monoisotopic (exact) mass is 250 g/mol. The molecule has 0 saturated heterocycles. The minimum atomic E-state index is 0.594. The first-order valence-electron chi connectivity index (χ1n) is 7.27. The molecule has 4 heteroatoms. The van der Waals surface area contributed by atoms with Crippen molar-refractivity contribution in [3.8, 4) is 0 Å². The quantitative estimate of drug-likeness (QED) is 0.844. The normalized spacial score (nSPS) is 18.7. The van der Waals surface area contributed by atoms with Crippen molar-refractivity contribution in [2.45, 2.75) is 65.6 Å². The first-order chi connectivity index (χ1) is 8.66. The number of rotatable bonds is 6. The zero-order valence-electron chi connectivity index (χ0n) is 11.9. The molecule has 2 rings (SSSR count). The summed E-state index contributed by atoms with van der Waals surface area (Å²) in [5, 5.41) is 7.91. The van der Waals surface area contributed by atoms with Crippen LogP contribution in [0.2, 0.25) is 0 Å². The molecule has 1 aliphatic carbocycles. The van der Waals surface area contributed by atoms with E-state index in [1.165, 1.54) is 25.7 Å². The summed E-state index contributed by atoms with van der Waals surface area (Å²) in [5.41, 5.74) is 0. The summed E-state index contributed by atoms with van der Waals surface area (Å²) in [6.07, 6.45) is 7.24. The lowest BCUT2D eigenvalue weighted by Crippen LogP contribution is -2.33. The molecule has 1 fully saturated rings. The van der Waals surface area contributed by atoms with E-state index < -0.39 is 0 Å². The van der Waals surface area contributed by atoms with Gasteiger partial charge in [-0.3, -0.25) is 0 Å². The highest BCUT2D eigenvalue weighted by Crippen LogP contribution is 2.27. The smallest absolute Gasteiger partial charge is 0.140 e. The van der Waals surface area contributed by atoms with E-state index in [2.05, 4.69) is 36.2 Å². The Kier molecular flexibility index (Phi) is 4.75. The fourth-order valence-corrected chi connectivity index (χ4v) is 2.80. The molecular formula is C14H26N4. The molecule has 1 aromatic rings. The Morgan fingerprint density at radius 3 is 2.72 bits per heavy atom. The molecule has 1 N–H and O–H groups in total. The van der Waals surface area contributed by atoms with Crippen molar-refractivity contribution >= 4 is 0 Å². The second kappa shape index (κ2) is 6.32. The number of aromatic nitrogens is 3. The van der Waals surface area contributed by atoms with E-state index in [4.69, 9.17) is 0 Å². The number of nitrogens with one attached hydrogen (secondary N) is 1. The Bertz CT molecular complexity index is 352. The van der Waals surface area contributed by atoms with Crippen molar-refractivity contribution in [2.75, 3.05) is 0 Å². The van der Waals surface area contributed by atoms with Crippen LogP contribution in [0.1, 0.15) is 52.3 Å². The Morgan fingerprint density at radius 2 is 2.06 bits per heavy atom. The molecule has 4 nitrogen and oxygen atoms in total. The van der Waals surface area contributed by atoms with Gasteiger partial charge in [0, 0.05) is 12.6 Å². The zero-order chi connectivity index (χ0) is 13.0. The van der Waals surface area contributed by atoms with Crippen molar-refractivity contribution in [2.24, 2.45) is 11.8 Å². The summed E-state index contributed by atoms with van der Waals surface area (Å²) >= 11 is 0. The molecule has 1 heterocycles. The third-order valence-electron chi connectivity index (χ3n) is 3.92. The molecule has 1 aliphatic rings. The average molecular weight is 250 g/mol. The lowest BCUT2D eigenvalue weighted by Gasteiger charge is -2.20. The lowest BCUT2D eigenvalue weighted by atomic mass is 10.00. The van der Waals surface area contributed by atoms with E-state index in [-0.39, 0.29) is 0 Å². The molecule has 18 heavy (non-hydrogen) atoms. The third-order valence-corrected chi connectivity index (χ3v) is 3.92. The summed E-state index contributed by atoms with van der Waals surface area (Å²) in [6.45, 7) is 8.51. The van der Waals surface area contributed by atoms with Crippen LogP contribution < -0.4 is 5.32 Å². The Balaban J connectivity index is 1.83. The zero-order valence-corrected chi connectivity index (χ0v) is 11.9. The molecule has 102 valence electrons. The Morgan fingerprint density at radius 1 is 1.33 bits per heavy atom. The maximum atomic E-state index is 4.36. The number of nitrogens with zero attached hydrogens (tertiary/aromatic N) is 3. The first-order valence-corrected chi connectivity index (χ1v) is 7.27. The molecule has 0 unspecified atom stereocenters. The molecule has 0 aliphatic heterocycles. The number of hydrogen-bond acceptors (Lipinski definition) is 3. The van der Waals surface area contributed by atoms with Gasteiger partial charge in [-0.05, 0) is 31.6 Å². The minimum Gasteiger partial charge on any atom is -0.307 e. The summed E-state index contributed by atoms with van der Waals surface area (Å²) in [6, 6.07) is 0.594. The summed E-state index contributed by atoms with van der Waals surface area (Å²) in [7, 11) is 0. The Labute approximate surface area is 110 Å². The third kappa shape index (κ3) is 3.55. The van der Waals surface area contributed by atoms with Crippen LogP contribution in [0, 0.1) is 11.8 Å². The van der Waals surface area contributed by atoms with Crippen molar-refractivity contribution < 1.29 is 0 Å². The van der Waals surface area contributed by atoms with E-state index in [1.54, 1.807) is 6.33 Å². The lowest BCUT2D eigenvalue weighted by molar-refractivity contribution is 0.368. The molecule has 1 aromatic heterocycles. The van der Waals surface area contributed by atoms with Crippen LogP contribution in [-0.4, -0.2) is 20.8 Å². The number of hydrogen-bond donors (Lipinski definition) is 1. The van der Waals surface area contributed by atoms with Crippen molar-refractivity contribution in [1.82, 2.24) is 20.1 Å². The predicted octanol–water partition coefficient (Wildman–Crippen LogP) is 2.60. The molecule has 0 bridgehead atoms. The summed E-state index contributed by atoms with van der Waals surface area (Å²) in [4.78, 5) is 4.36. The van der Waals surface area contributed by atoms with Gasteiger partial charge in [-0.1, -0.05) is 26.7 Å². The van der Waals surface area contributed by atoms with Gasteiger partial charge in [0.15, 0.2) is 0 Å². The second-order valence-electron chi connectivity index (χ2n) is 5.97. The van der Waals surface area contributed by atoms with Crippen LogP contribution in [0.15, 0.2) is 6.33 Å². The standard InChI is InChI=1S/C14H26N4/c1-11(2)9-18-14(16-10-17-18)8-15-12(3)13-6-4-5-7-13/h10-13,15H,4-9H2,1-3H3/t12-/m1/s1. The fourth-order valence-electron chi connectivity index (χ4n) is 2.80. The molecule has 0 aromatic carbocycles. The van der Waals surface area contributed by atoms with Gasteiger partial charge in [0.2, 0.25) is 0 Å². The van der Waals surface area contributed by atoms with Crippen LogP contribution in [0.25, 0.3) is 0 Å². The molecule has 0 radical (unpaired) electrons. The molecule has 1 saturated carbocycles. The van der Waals surface area contributed by atoms with Crippen LogP contribution >= 0.6 is 0 Å². The molecule has 1 atom stereocenters. The highest BCUT2D eigenvalue weighted by atomic mass is 15.3. The van der Waals surface area contributed by atoms with E-state index in [1.807, 2.05) is 4.68 Å². The van der Waals surface area contributed by atoms with E-state index in [9.17, 15) is 0 Å². The van der Waals surface area contributed by atoms with Crippen molar-refractivity contribution in [3.63, 3.8) is 0 Å². The van der Waals surface area contributed by atoms with Crippen LogP contribution in [0.5, 0.6) is 0 Å². The fraction of sp³-hybridized carbons (Fsp3) is 0.857. The Hall–Kier alpha value is -0.900. The minimum absolute atomic E-state index is 0.594. The predicted molar refractivity (Wildman–Crippen MR) is 73.1 cm³/mol. The van der Waals surface area contributed by atoms with Crippen molar-refractivity contribution in [3.05, 3.63) is 12.2 Å². The van der Waals surface area contributed by atoms with Crippen LogP contribution in [-0.2, 0) is 13.1 Å². The van der Waals surface area contributed by atoms with Gasteiger partial charge in [0.1, 0.15) is 12.2 Å². The van der Waals surface area contributed by atoms with Gasteiger partial charge in [0.25, 0.3) is 0 Å². The molecule has 0 spiro atoms. The summed E-state index contributed by atoms with van der Waals surface area (Å²) in [5.74, 6) is 2.53. The SMILES string of the molecule is CC(C)Cn1ncnc1CN[C@H](C)C1CCCC1. The van der Waals surface area contributed by atoms with E-state index in [0.29, 0.717) is 12.0 Å². The van der Waals surface area contributed by atoms with Gasteiger partial charge in [-0.25, -0.2) is 9.67 Å². The van der Waals surface area contributed by atoms with E-state index in [0.717, 1.165) is 24.8 Å². The highest BCUT2D eigenvalue weighted by molar-refractivity contribution is 4.86. The first kappa shape index (κ1) is 13.5. The van der Waals surface area contributed by atoms with Gasteiger partial charge < -0.3 is 5.32 Å². The topological polar surface area (TPSA) is 42.7 Å². The highest BCUT2D eigenvalue weighted by Gasteiger charge is 2.21. The largest absolute Gasteiger partial charge is 0.307 e. The van der Waals surface area contributed by atoms with E-state index >= 15 is 0 Å². The second-order valence-corrected chi connectivity index (χ2v) is 5.97. The van der Waals surface area contributed by atoms with Crippen LogP contribution in [0.4, 0.5) is 0 Å². The molecular weight excluding hydrogens is 224 g/mol. The summed E-state index contributed by atoms with van der Waals surface area (Å²) < 4.78 is 2.03. The van der Waals surface area contributed by atoms with Gasteiger partial charge >= 0.3 is 0 Å². The van der Waals surface area contributed by atoms with Gasteiger partial charge in [-0.15, -0.1) is 0 Å². The maximum absolute atomic E-state index is 4.36. The van der Waals surface area contributed by atoms with Gasteiger partial charge in [0.05, 0.1) is 6.54 Å². The molecule has 0 amide bonds. The maximum Gasteiger partial charge on any atom is 0.140 e. The van der Waals surface area contributed by atoms with Gasteiger partial charge in [-0.2, -0.15) is 5.10 Å². The van der Waals surface area contributed by atoms with Crippen LogP contribution in [0.3, 0.4) is 0 Å².